The van der Waals surface area contributed by atoms with Gasteiger partial charge in [-0.05, 0) is 106 Å². The summed E-state index contributed by atoms with van der Waals surface area (Å²) in [5.41, 5.74) is 13.9. The van der Waals surface area contributed by atoms with Crippen LogP contribution in [0, 0.1) is 0 Å². The summed E-state index contributed by atoms with van der Waals surface area (Å²) in [6.07, 6.45) is 0. The molecule has 2 aliphatic rings. The summed E-state index contributed by atoms with van der Waals surface area (Å²) in [5, 5.41) is 4.83. The molecule has 0 saturated heterocycles. The number of hydrogen-bond acceptors (Lipinski definition) is 2. The van der Waals surface area contributed by atoms with E-state index in [2.05, 4.69) is 155 Å². The van der Waals surface area contributed by atoms with E-state index in [1.54, 1.807) is 0 Å². The molecule has 242 valence electrons. The van der Waals surface area contributed by atoms with Crippen LogP contribution in [0.4, 0.5) is 0 Å². The lowest BCUT2D eigenvalue weighted by Crippen LogP contribution is -2.03. The summed E-state index contributed by atoms with van der Waals surface area (Å²) in [6, 6.07) is 60.7. The predicted molar refractivity (Wildman–Crippen MR) is 212 cm³/mol. The van der Waals surface area contributed by atoms with E-state index in [1.807, 2.05) is 24.3 Å². The molecule has 4 heterocycles. The third-order valence-electron chi connectivity index (χ3n) is 10.9. The van der Waals surface area contributed by atoms with Crippen molar-refractivity contribution in [2.45, 2.75) is 0 Å². The first kappa shape index (κ1) is 27.7. The van der Waals surface area contributed by atoms with Crippen LogP contribution < -0.4 is 9.47 Å². The topological polar surface area (TPSA) is 28.3 Å². The van der Waals surface area contributed by atoms with Crippen LogP contribution in [0.5, 0.6) is 23.0 Å². The number of ether oxygens (including phenoxy) is 2. The van der Waals surface area contributed by atoms with Crippen molar-refractivity contribution in [2.75, 3.05) is 0 Å². The molecule has 10 aromatic rings. The van der Waals surface area contributed by atoms with Crippen molar-refractivity contribution in [2.24, 2.45) is 0 Å². The molecule has 0 amide bonds. The fraction of sp³-hybridized carbons (Fsp3) is 0. The second kappa shape index (κ2) is 10.3. The van der Waals surface area contributed by atoms with Crippen molar-refractivity contribution >= 4 is 43.6 Å². The first-order chi connectivity index (χ1) is 25.8. The van der Waals surface area contributed by atoms with Gasteiger partial charge in [-0.3, -0.25) is 0 Å². The molecule has 0 atom stereocenters. The van der Waals surface area contributed by atoms with Crippen molar-refractivity contribution in [3.8, 4) is 67.8 Å². The van der Waals surface area contributed by atoms with Crippen LogP contribution in [0.1, 0.15) is 0 Å². The molecular formula is C48H28N2O2. The molecule has 0 radical (unpaired) electrons. The molecule has 0 aliphatic carbocycles. The van der Waals surface area contributed by atoms with E-state index in [0.29, 0.717) is 0 Å². The highest BCUT2D eigenvalue weighted by Gasteiger charge is 2.25. The van der Waals surface area contributed by atoms with Gasteiger partial charge in [-0.25, -0.2) is 0 Å². The number of hydrogen-bond donors (Lipinski definition) is 0. The van der Waals surface area contributed by atoms with Crippen molar-refractivity contribution in [3.05, 3.63) is 170 Å². The monoisotopic (exact) mass is 664 g/mol. The largest absolute Gasteiger partial charge is 0.453 e. The number of nitrogens with zero attached hydrogens (tertiary/aromatic N) is 2. The third kappa shape index (κ3) is 3.81. The predicted octanol–water partition coefficient (Wildman–Crippen LogP) is 13.1. The van der Waals surface area contributed by atoms with Crippen LogP contribution >= 0.6 is 0 Å². The van der Waals surface area contributed by atoms with Gasteiger partial charge < -0.3 is 18.6 Å². The molecule has 0 saturated carbocycles. The van der Waals surface area contributed by atoms with Crippen molar-refractivity contribution in [1.29, 1.82) is 0 Å². The van der Waals surface area contributed by atoms with E-state index in [0.717, 1.165) is 45.4 Å². The van der Waals surface area contributed by atoms with Crippen molar-refractivity contribution in [1.82, 2.24) is 9.13 Å². The smallest absolute Gasteiger partial charge is 0.152 e. The molecule has 0 bridgehead atoms. The van der Waals surface area contributed by atoms with Crippen LogP contribution in [0.3, 0.4) is 0 Å². The van der Waals surface area contributed by atoms with Gasteiger partial charge in [0, 0.05) is 21.5 Å². The minimum absolute atomic E-state index is 0.879. The van der Waals surface area contributed by atoms with Gasteiger partial charge in [0.1, 0.15) is 0 Å². The highest BCUT2D eigenvalue weighted by atomic mass is 16.5. The summed E-state index contributed by atoms with van der Waals surface area (Å²) < 4.78 is 17.4. The molecule has 0 fully saturated rings. The van der Waals surface area contributed by atoms with Gasteiger partial charge in [0.2, 0.25) is 0 Å². The molecular weight excluding hydrogens is 637 g/mol. The Labute approximate surface area is 298 Å². The lowest BCUT2D eigenvalue weighted by molar-refractivity contribution is 0.476. The summed E-state index contributed by atoms with van der Waals surface area (Å²) in [5.74, 6) is 3.54. The molecule has 52 heavy (non-hydrogen) atoms. The van der Waals surface area contributed by atoms with Crippen LogP contribution in [0.25, 0.3) is 88.4 Å². The molecule has 0 spiro atoms. The Bertz CT molecular complexity index is 2930. The van der Waals surface area contributed by atoms with Gasteiger partial charge in [0.05, 0.1) is 33.4 Å². The van der Waals surface area contributed by atoms with Crippen molar-refractivity contribution < 1.29 is 9.47 Å². The van der Waals surface area contributed by atoms with Gasteiger partial charge in [-0.1, -0.05) is 97.1 Å². The normalized spacial score (nSPS) is 12.5. The minimum atomic E-state index is 0.879. The van der Waals surface area contributed by atoms with Gasteiger partial charge in [-0.2, -0.15) is 0 Å². The van der Waals surface area contributed by atoms with Gasteiger partial charge in [-0.15, -0.1) is 0 Å². The number of fused-ring (bicyclic) bond motifs is 10. The van der Waals surface area contributed by atoms with E-state index in [9.17, 15) is 0 Å². The zero-order chi connectivity index (χ0) is 33.9. The van der Waals surface area contributed by atoms with Gasteiger partial charge in [0.15, 0.2) is 23.0 Å². The summed E-state index contributed by atoms with van der Waals surface area (Å²) in [6.45, 7) is 0. The average Bonchev–Trinajstić information content (AvgIpc) is 3.73. The van der Waals surface area contributed by atoms with Gasteiger partial charge in [0.25, 0.3) is 0 Å². The van der Waals surface area contributed by atoms with Gasteiger partial charge >= 0.3 is 0 Å². The standard InChI is InChI=1S/C48H28N2O2/c1-3-17-43-41(15-1)49-39-23-21-33(27-37(39)35-13-7-19-45(51-43)47(35)49)31-11-5-9-29(25-31)30-10-6-12-32(26-30)34-22-24-40-38(28-34)36-14-8-20-46-48(36)50(40)42-16-2-4-18-44(42)52-46/h1-28H. The summed E-state index contributed by atoms with van der Waals surface area (Å²) in [7, 11) is 0. The molecule has 12 rings (SSSR count). The highest BCUT2D eigenvalue weighted by molar-refractivity contribution is 6.14. The highest BCUT2D eigenvalue weighted by Crippen LogP contribution is 2.47. The van der Waals surface area contributed by atoms with E-state index in [-0.39, 0.29) is 0 Å². The fourth-order valence-corrected chi connectivity index (χ4v) is 8.55. The van der Waals surface area contributed by atoms with Crippen LogP contribution in [0.15, 0.2) is 170 Å². The average molecular weight is 665 g/mol. The number of para-hydroxylation sites is 6. The van der Waals surface area contributed by atoms with E-state index < -0.39 is 0 Å². The van der Waals surface area contributed by atoms with Crippen LogP contribution in [-0.4, -0.2) is 9.13 Å². The third-order valence-corrected chi connectivity index (χ3v) is 10.9. The van der Waals surface area contributed by atoms with E-state index >= 15 is 0 Å². The molecule has 0 N–H and O–H groups in total. The van der Waals surface area contributed by atoms with Crippen LogP contribution in [-0.2, 0) is 0 Å². The summed E-state index contributed by atoms with van der Waals surface area (Å²) >= 11 is 0. The fourth-order valence-electron chi connectivity index (χ4n) is 8.55. The Morgan fingerprint density at radius 1 is 0.288 bits per heavy atom. The Balaban J connectivity index is 0.951. The van der Waals surface area contributed by atoms with Crippen LogP contribution in [0.2, 0.25) is 0 Å². The Morgan fingerprint density at radius 3 is 1.13 bits per heavy atom. The number of rotatable bonds is 3. The second-order valence-electron chi connectivity index (χ2n) is 13.7. The Hall–Kier alpha value is -7.04. The lowest BCUT2D eigenvalue weighted by Gasteiger charge is -2.20. The Kier molecular flexibility index (Phi) is 5.47. The minimum Gasteiger partial charge on any atom is -0.453 e. The zero-order valence-electron chi connectivity index (χ0n) is 27.9. The first-order valence-electron chi connectivity index (χ1n) is 17.7. The quantitative estimate of drug-likeness (QED) is 0.188. The van der Waals surface area contributed by atoms with Crippen molar-refractivity contribution in [3.63, 3.8) is 0 Å². The summed E-state index contributed by atoms with van der Waals surface area (Å²) in [4.78, 5) is 0. The molecule has 4 heteroatoms. The lowest BCUT2D eigenvalue weighted by atomic mass is 9.95. The number of benzene rings is 8. The zero-order valence-corrected chi connectivity index (χ0v) is 27.9. The molecule has 8 aromatic carbocycles. The maximum atomic E-state index is 6.34. The maximum absolute atomic E-state index is 6.34. The van der Waals surface area contributed by atoms with E-state index in [1.165, 1.54) is 66.0 Å². The first-order valence-corrected chi connectivity index (χ1v) is 17.7. The maximum Gasteiger partial charge on any atom is 0.152 e. The molecule has 2 aliphatic heterocycles. The number of aromatic nitrogens is 2. The van der Waals surface area contributed by atoms with E-state index in [4.69, 9.17) is 9.47 Å². The Morgan fingerprint density at radius 2 is 0.673 bits per heavy atom. The molecule has 0 unspecified atom stereocenters. The second-order valence-corrected chi connectivity index (χ2v) is 13.7. The molecule has 4 nitrogen and oxygen atoms in total. The molecule has 2 aromatic heterocycles. The SMILES string of the molecule is c1cc(-c2cccc(-c3ccc4c(c3)c3cccc5c3n4-c3ccccc3O5)c2)cc(-c2ccc3c(c2)c2cccc4c2n3-c2ccccc2O4)c1.